The summed E-state index contributed by atoms with van der Waals surface area (Å²) in [5.41, 5.74) is 1.23. The number of hydrogen-bond donors (Lipinski definition) is 0. The SMILES string of the molecule is Cc1ccc(C2=C(SCc3ccco3)C(=O)N(Cc3cccc(C(F)(F)F)c3)C2=O)cc1. The third-order valence-corrected chi connectivity index (χ3v) is 6.10. The lowest BCUT2D eigenvalue weighted by Gasteiger charge is -2.16. The van der Waals surface area contributed by atoms with Gasteiger partial charge in [0.1, 0.15) is 5.76 Å². The molecule has 164 valence electrons. The molecule has 0 aliphatic carbocycles. The van der Waals surface area contributed by atoms with Crippen LogP contribution in [0.1, 0.15) is 28.0 Å². The predicted molar refractivity (Wildman–Crippen MR) is 115 cm³/mol. The Morgan fingerprint density at radius 3 is 2.38 bits per heavy atom. The van der Waals surface area contributed by atoms with Crippen LogP contribution in [0.15, 0.2) is 76.2 Å². The van der Waals surface area contributed by atoms with E-state index in [0.717, 1.165) is 22.6 Å². The molecule has 3 aromatic rings. The highest BCUT2D eigenvalue weighted by Gasteiger charge is 2.39. The Bertz CT molecular complexity index is 1180. The molecule has 4 rings (SSSR count). The van der Waals surface area contributed by atoms with Crippen LogP contribution in [0.3, 0.4) is 0 Å². The standard InChI is InChI=1S/C24H18F3NO3S/c1-15-7-9-17(10-8-15)20-21(32-14-19-6-3-11-31-19)23(30)28(22(20)29)13-16-4-2-5-18(12-16)24(25,26)27/h2-12H,13-14H2,1H3. The number of thioether (sulfide) groups is 1. The first-order chi connectivity index (χ1) is 15.2. The summed E-state index contributed by atoms with van der Waals surface area (Å²) >= 11 is 1.18. The molecule has 0 saturated carbocycles. The van der Waals surface area contributed by atoms with Crippen molar-refractivity contribution in [2.75, 3.05) is 0 Å². The van der Waals surface area contributed by atoms with Gasteiger partial charge in [-0.15, -0.1) is 11.8 Å². The Morgan fingerprint density at radius 1 is 0.969 bits per heavy atom. The Kier molecular flexibility index (Phi) is 5.97. The third-order valence-electron chi connectivity index (χ3n) is 5.00. The number of amides is 2. The summed E-state index contributed by atoms with van der Waals surface area (Å²) in [6.07, 6.45) is -2.99. The molecule has 32 heavy (non-hydrogen) atoms. The number of carbonyl (C=O) groups is 2. The number of carbonyl (C=O) groups excluding carboxylic acids is 2. The summed E-state index contributed by atoms with van der Waals surface area (Å²) in [4.78, 5) is 27.7. The highest BCUT2D eigenvalue weighted by molar-refractivity contribution is 8.03. The topological polar surface area (TPSA) is 50.5 Å². The number of furan rings is 1. The van der Waals surface area contributed by atoms with Crippen LogP contribution in [-0.4, -0.2) is 16.7 Å². The van der Waals surface area contributed by atoms with Crippen molar-refractivity contribution in [1.82, 2.24) is 4.90 Å². The summed E-state index contributed by atoms with van der Waals surface area (Å²) < 4.78 is 44.6. The van der Waals surface area contributed by atoms with Gasteiger partial charge in [-0.05, 0) is 42.3 Å². The smallest absolute Gasteiger partial charge is 0.416 e. The molecule has 0 N–H and O–H groups in total. The maximum Gasteiger partial charge on any atom is 0.416 e. The zero-order valence-electron chi connectivity index (χ0n) is 17.0. The van der Waals surface area contributed by atoms with Crippen molar-refractivity contribution in [2.45, 2.75) is 25.4 Å². The summed E-state index contributed by atoms with van der Waals surface area (Å²) in [6, 6.07) is 15.3. The number of imide groups is 1. The van der Waals surface area contributed by atoms with E-state index in [4.69, 9.17) is 4.42 Å². The molecule has 0 fully saturated rings. The molecule has 8 heteroatoms. The lowest BCUT2D eigenvalue weighted by molar-refractivity contribution is -0.137. The van der Waals surface area contributed by atoms with E-state index in [1.54, 1.807) is 24.3 Å². The molecule has 0 unspecified atom stereocenters. The highest BCUT2D eigenvalue weighted by Crippen LogP contribution is 2.38. The second kappa shape index (κ2) is 8.70. The number of alkyl halides is 3. The van der Waals surface area contributed by atoms with E-state index in [2.05, 4.69) is 0 Å². The maximum absolute atomic E-state index is 13.2. The van der Waals surface area contributed by atoms with Crippen LogP contribution in [-0.2, 0) is 28.1 Å². The molecule has 1 aromatic heterocycles. The van der Waals surface area contributed by atoms with E-state index in [1.165, 1.54) is 30.2 Å². The molecule has 4 nitrogen and oxygen atoms in total. The zero-order chi connectivity index (χ0) is 22.9. The van der Waals surface area contributed by atoms with Crippen LogP contribution in [0.25, 0.3) is 5.57 Å². The predicted octanol–water partition coefficient (Wildman–Crippen LogP) is 5.82. The Morgan fingerprint density at radius 2 is 1.72 bits per heavy atom. The van der Waals surface area contributed by atoms with Crippen molar-refractivity contribution < 1.29 is 27.2 Å². The summed E-state index contributed by atoms with van der Waals surface area (Å²) in [5, 5.41) is 0. The Hall–Kier alpha value is -3.26. The zero-order valence-corrected chi connectivity index (χ0v) is 17.8. The van der Waals surface area contributed by atoms with Crippen LogP contribution in [0.5, 0.6) is 0 Å². The maximum atomic E-state index is 13.2. The third kappa shape index (κ3) is 4.50. The minimum absolute atomic E-state index is 0.224. The minimum atomic E-state index is -4.51. The van der Waals surface area contributed by atoms with Gasteiger partial charge in [0.25, 0.3) is 11.8 Å². The van der Waals surface area contributed by atoms with E-state index < -0.39 is 23.6 Å². The van der Waals surface area contributed by atoms with Gasteiger partial charge in [-0.1, -0.05) is 42.0 Å². The molecule has 2 heterocycles. The van der Waals surface area contributed by atoms with Gasteiger partial charge < -0.3 is 4.42 Å². The summed E-state index contributed by atoms with van der Waals surface area (Å²) in [6.45, 7) is 1.66. The van der Waals surface area contributed by atoms with Crippen molar-refractivity contribution in [3.8, 4) is 0 Å². The summed E-state index contributed by atoms with van der Waals surface area (Å²) in [5.74, 6) is -0.0752. The number of halogens is 3. The first-order valence-electron chi connectivity index (χ1n) is 9.73. The molecule has 0 bridgehead atoms. The molecule has 0 atom stereocenters. The average molecular weight is 457 g/mol. The second-order valence-corrected chi connectivity index (χ2v) is 8.32. The molecule has 2 aromatic carbocycles. The van der Waals surface area contributed by atoms with Crippen LogP contribution < -0.4 is 0 Å². The fourth-order valence-corrected chi connectivity index (χ4v) is 4.41. The monoisotopic (exact) mass is 457 g/mol. The van der Waals surface area contributed by atoms with Gasteiger partial charge >= 0.3 is 6.18 Å². The number of rotatable bonds is 6. The van der Waals surface area contributed by atoms with E-state index in [0.29, 0.717) is 17.1 Å². The number of nitrogens with zero attached hydrogens (tertiary/aromatic N) is 1. The fourth-order valence-electron chi connectivity index (χ4n) is 3.37. The van der Waals surface area contributed by atoms with Gasteiger partial charge in [0.15, 0.2) is 0 Å². The van der Waals surface area contributed by atoms with Crippen molar-refractivity contribution in [2.24, 2.45) is 0 Å². The number of hydrogen-bond acceptors (Lipinski definition) is 4. The van der Waals surface area contributed by atoms with E-state index >= 15 is 0 Å². The Labute approximate surface area is 186 Å². The van der Waals surface area contributed by atoms with Crippen LogP contribution >= 0.6 is 11.8 Å². The van der Waals surface area contributed by atoms with Crippen molar-refractivity contribution in [3.05, 3.63) is 99.8 Å². The fraction of sp³-hybridized carbons (Fsp3) is 0.167. The van der Waals surface area contributed by atoms with Gasteiger partial charge in [0.05, 0.1) is 34.6 Å². The molecule has 1 aliphatic rings. The van der Waals surface area contributed by atoms with E-state index in [-0.39, 0.29) is 22.6 Å². The highest BCUT2D eigenvalue weighted by atomic mass is 32.2. The first kappa shape index (κ1) is 22.0. The van der Waals surface area contributed by atoms with Gasteiger partial charge in [-0.25, -0.2) is 0 Å². The van der Waals surface area contributed by atoms with Gasteiger partial charge in [0, 0.05) is 0 Å². The lowest BCUT2D eigenvalue weighted by Crippen LogP contribution is -2.31. The van der Waals surface area contributed by atoms with Gasteiger partial charge in [-0.2, -0.15) is 13.2 Å². The molecule has 2 amide bonds. The largest absolute Gasteiger partial charge is 0.468 e. The molecule has 0 radical (unpaired) electrons. The molecular formula is C24H18F3NO3S. The quantitative estimate of drug-likeness (QED) is 0.438. The van der Waals surface area contributed by atoms with Crippen molar-refractivity contribution >= 4 is 29.1 Å². The number of aryl methyl sites for hydroxylation is 1. The van der Waals surface area contributed by atoms with Crippen LogP contribution in [0, 0.1) is 6.92 Å². The summed E-state index contributed by atoms with van der Waals surface area (Å²) in [7, 11) is 0. The average Bonchev–Trinajstić information content (AvgIpc) is 3.35. The van der Waals surface area contributed by atoms with Crippen LogP contribution in [0.4, 0.5) is 13.2 Å². The molecule has 1 aliphatic heterocycles. The van der Waals surface area contributed by atoms with Gasteiger partial charge in [-0.3, -0.25) is 14.5 Å². The molecular weight excluding hydrogens is 439 g/mol. The van der Waals surface area contributed by atoms with Crippen molar-refractivity contribution in [1.29, 1.82) is 0 Å². The van der Waals surface area contributed by atoms with Gasteiger partial charge in [0.2, 0.25) is 0 Å². The minimum Gasteiger partial charge on any atom is -0.468 e. The normalized spacial score (nSPS) is 14.6. The van der Waals surface area contributed by atoms with Crippen LogP contribution in [0.2, 0.25) is 0 Å². The molecule has 0 saturated heterocycles. The number of benzene rings is 2. The molecule has 0 spiro atoms. The first-order valence-corrected chi connectivity index (χ1v) is 10.7. The van der Waals surface area contributed by atoms with Crippen molar-refractivity contribution in [3.63, 3.8) is 0 Å². The second-order valence-electron chi connectivity index (χ2n) is 7.33. The van der Waals surface area contributed by atoms with E-state index in [9.17, 15) is 22.8 Å². The van der Waals surface area contributed by atoms with E-state index in [1.807, 2.05) is 19.1 Å². The lowest BCUT2D eigenvalue weighted by atomic mass is 10.0. The Balaban J connectivity index is 1.66.